The Morgan fingerprint density at radius 1 is 1.12 bits per heavy atom. The molecule has 134 valence electrons. The molecule has 5 rings (SSSR count). The molecule has 0 amide bonds. The van der Waals surface area contributed by atoms with Gasteiger partial charge in [0.25, 0.3) is 0 Å². The van der Waals surface area contributed by atoms with E-state index in [9.17, 15) is 8.42 Å². The van der Waals surface area contributed by atoms with Crippen molar-refractivity contribution in [1.29, 1.82) is 0 Å². The normalized spacial score (nSPS) is 23.1. The molecule has 2 bridgehead atoms. The maximum Gasteiger partial charge on any atom is 0.243 e. The Hall–Kier alpha value is -1.96. The van der Waals surface area contributed by atoms with Gasteiger partial charge in [-0.3, -0.25) is 0 Å². The Bertz CT molecular complexity index is 1090. The molecule has 8 heteroatoms. The summed E-state index contributed by atoms with van der Waals surface area (Å²) in [5.74, 6) is 0. The fourth-order valence-corrected chi connectivity index (χ4v) is 6.25. The second-order valence-corrected chi connectivity index (χ2v) is 9.13. The highest BCUT2D eigenvalue weighted by Crippen LogP contribution is 2.44. The van der Waals surface area contributed by atoms with Gasteiger partial charge in [-0.25, -0.2) is 17.9 Å². The van der Waals surface area contributed by atoms with Gasteiger partial charge in [-0.2, -0.15) is 9.40 Å². The van der Waals surface area contributed by atoms with Crippen molar-refractivity contribution >= 4 is 27.3 Å². The van der Waals surface area contributed by atoms with Crippen LogP contribution in [0.1, 0.15) is 36.6 Å². The lowest BCUT2D eigenvalue weighted by atomic mass is 9.85. The quantitative estimate of drug-likeness (QED) is 0.676. The summed E-state index contributed by atoms with van der Waals surface area (Å²) in [6, 6.07) is 8.02. The van der Waals surface area contributed by atoms with Crippen LogP contribution < -0.4 is 0 Å². The van der Waals surface area contributed by atoms with Crippen LogP contribution in [0.5, 0.6) is 0 Å². The number of benzene rings is 1. The topological polar surface area (TPSA) is 67.6 Å². The summed E-state index contributed by atoms with van der Waals surface area (Å²) in [6.45, 7) is 0. The van der Waals surface area contributed by atoms with Gasteiger partial charge in [0, 0.05) is 35.3 Å². The van der Waals surface area contributed by atoms with Crippen molar-refractivity contribution in [1.82, 2.24) is 18.9 Å². The zero-order valence-corrected chi connectivity index (χ0v) is 15.5. The number of hydrogen-bond donors (Lipinski definition) is 0. The van der Waals surface area contributed by atoms with Crippen LogP contribution in [0.3, 0.4) is 0 Å². The molecular formula is C18H17ClN4O2S. The van der Waals surface area contributed by atoms with E-state index in [1.165, 1.54) is 0 Å². The number of hydrogen-bond acceptors (Lipinski definition) is 4. The van der Waals surface area contributed by atoms with E-state index in [0.29, 0.717) is 11.4 Å². The number of sulfonamides is 1. The highest BCUT2D eigenvalue weighted by molar-refractivity contribution is 7.89. The van der Waals surface area contributed by atoms with Crippen LogP contribution in [0, 0.1) is 0 Å². The molecule has 2 unspecified atom stereocenters. The van der Waals surface area contributed by atoms with Crippen molar-refractivity contribution in [2.45, 2.75) is 42.7 Å². The van der Waals surface area contributed by atoms with Gasteiger partial charge in [0.05, 0.1) is 22.8 Å². The van der Waals surface area contributed by atoms with Crippen molar-refractivity contribution < 1.29 is 8.42 Å². The fraction of sp³-hybridized carbons (Fsp3) is 0.333. The largest absolute Gasteiger partial charge is 0.243 e. The molecule has 2 aromatic heterocycles. The number of fused-ring (bicyclic) bond motifs is 6. The van der Waals surface area contributed by atoms with Crippen LogP contribution in [0.25, 0.3) is 5.65 Å². The molecule has 0 aliphatic carbocycles. The molecule has 26 heavy (non-hydrogen) atoms. The van der Waals surface area contributed by atoms with Gasteiger partial charge in [0.15, 0.2) is 5.65 Å². The van der Waals surface area contributed by atoms with Crippen LogP contribution in [-0.4, -0.2) is 33.4 Å². The molecule has 2 aliphatic heterocycles. The van der Waals surface area contributed by atoms with Gasteiger partial charge < -0.3 is 0 Å². The van der Waals surface area contributed by atoms with E-state index in [4.69, 9.17) is 11.6 Å². The van der Waals surface area contributed by atoms with Crippen molar-refractivity contribution in [3.63, 3.8) is 0 Å². The third-order valence-electron chi connectivity index (χ3n) is 5.41. The number of piperidine rings is 1. The number of rotatable bonds is 2. The number of halogens is 1. The molecule has 3 aromatic rings. The van der Waals surface area contributed by atoms with E-state index < -0.39 is 10.0 Å². The average Bonchev–Trinajstić information content (AvgIpc) is 3.11. The minimum Gasteiger partial charge on any atom is -0.237 e. The first kappa shape index (κ1) is 16.2. The van der Waals surface area contributed by atoms with E-state index in [-0.39, 0.29) is 17.0 Å². The highest BCUT2D eigenvalue weighted by Gasteiger charge is 2.45. The van der Waals surface area contributed by atoms with Gasteiger partial charge in [0.1, 0.15) is 0 Å². The monoisotopic (exact) mass is 388 g/mol. The first-order valence-electron chi connectivity index (χ1n) is 8.66. The standard InChI is InChI=1S/C18H17ClN4O2S/c19-12-4-6-14(7-5-12)26(24,25)23-13-2-1-3-16(23)15-11-20-18-8-9-21-22(18)17(15)10-13/h4-9,11,13,16H,1-3,10H2. The summed E-state index contributed by atoms with van der Waals surface area (Å²) >= 11 is 5.93. The first-order chi connectivity index (χ1) is 12.6. The molecule has 4 heterocycles. The summed E-state index contributed by atoms with van der Waals surface area (Å²) in [6.07, 6.45) is 6.87. The van der Waals surface area contributed by atoms with Gasteiger partial charge in [-0.1, -0.05) is 11.6 Å². The first-order valence-corrected chi connectivity index (χ1v) is 10.5. The molecule has 2 aliphatic rings. The van der Waals surface area contributed by atoms with Crippen LogP contribution in [0.15, 0.2) is 47.6 Å². The lowest BCUT2D eigenvalue weighted by Crippen LogP contribution is -2.50. The smallest absolute Gasteiger partial charge is 0.237 e. The predicted octanol–water partition coefficient (Wildman–Crippen LogP) is 3.22. The Morgan fingerprint density at radius 3 is 2.73 bits per heavy atom. The summed E-state index contributed by atoms with van der Waals surface area (Å²) in [7, 11) is -3.60. The summed E-state index contributed by atoms with van der Waals surface area (Å²) < 4.78 is 30.3. The molecule has 6 nitrogen and oxygen atoms in total. The molecule has 2 atom stereocenters. The predicted molar refractivity (Wildman–Crippen MR) is 97.5 cm³/mol. The molecule has 1 saturated heterocycles. The maximum atomic E-state index is 13.4. The molecule has 1 fully saturated rings. The van der Waals surface area contributed by atoms with Crippen molar-refractivity contribution in [3.8, 4) is 0 Å². The second-order valence-electron chi connectivity index (χ2n) is 6.85. The molecular weight excluding hydrogens is 372 g/mol. The van der Waals surface area contributed by atoms with Crippen molar-refractivity contribution in [3.05, 3.63) is 59.0 Å². The summed E-state index contributed by atoms with van der Waals surface area (Å²) in [5.41, 5.74) is 2.85. The summed E-state index contributed by atoms with van der Waals surface area (Å²) in [4.78, 5) is 4.75. The van der Waals surface area contributed by atoms with E-state index in [2.05, 4.69) is 10.1 Å². The maximum absolute atomic E-state index is 13.4. The number of nitrogens with zero attached hydrogens (tertiary/aromatic N) is 4. The fourth-order valence-electron chi connectivity index (χ4n) is 4.27. The molecule has 1 aromatic carbocycles. The Kier molecular flexibility index (Phi) is 3.60. The molecule has 0 spiro atoms. The van der Waals surface area contributed by atoms with Crippen LogP contribution in [0.2, 0.25) is 5.02 Å². The van der Waals surface area contributed by atoms with Gasteiger partial charge in [-0.05, 0) is 43.5 Å². The van der Waals surface area contributed by atoms with E-state index in [1.54, 1.807) is 34.8 Å². The van der Waals surface area contributed by atoms with Crippen molar-refractivity contribution in [2.75, 3.05) is 0 Å². The summed E-state index contributed by atoms with van der Waals surface area (Å²) in [5, 5.41) is 4.91. The average molecular weight is 389 g/mol. The minimum atomic E-state index is -3.60. The molecule has 0 saturated carbocycles. The number of aromatic nitrogens is 3. The van der Waals surface area contributed by atoms with Crippen molar-refractivity contribution in [2.24, 2.45) is 0 Å². The SMILES string of the molecule is O=S(=O)(c1ccc(Cl)cc1)N1C2CCCC1c1cnc3ccnn3c1C2. The van der Waals surface area contributed by atoms with Crippen LogP contribution in [0.4, 0.5) is 0 Å². The molecule has 0 N–H and O–H groups in total. The lowest BCUT2D eigenvalue weighted by Gasteiger charge is -2.45. The third kappa shape index (κ3) is 2.31. The molecule has 0 radical (unpaired) electrons. The zero-order valence-electron chi connectivity index (χ0n) is 13.9. The highest BCUT2D eigenvalue weighted by atomic mass is 35.5. The van der Waals surface area contributed by atoms with E-state index in [0.717, 1.165) is 36.2 Å². The zero-order chi connectivity index (χ0) is 17.9. The van der Waals surface area contributed by atoms with E-state index in [1.807, 2.05) is 16.8 Å². The van der Waals surface area contributed by atoms with Crippen LogP contribution >= 0.6 is 11.6 Å². The Labute approximate surface area is 156 Å². The van der Waals surface area contributed by atoms with Gasteiger partial charge in [0.2, 0.25) is 10.0 Å². The van der Waals surface area contributed by atoms with Gasteiger partial charge >= 0.3 is 0 Å². The van der Waals surface area contributed by atoms with E-state index >= 15 is 0 Å². The lowest BCUT2D eigenvalue weighted by molar-refractivity contribution is 0.159. The van der Waals surface area contributed by atoms with Crippen LogP contribution in [-0.2, 0) is 16.4 Å². The Morgan fingerprint density at radius 2 is 1.92 bits per heavy atom. The van der Waals surface area contributed by atoms with Gasteiger partial charge in [-0.15, -0.1) is 0 Å². The third-order valence-corrected chi connectivity index (χ3v) is 7.63. The minimum absolute atomic E-state index is 0.0586. The second kappa shape index (κ2) is 5.77. The Balaban J connectivity index is 1.65.